The van der Waals surface area contributed by atoms with Gasteiger partial charge in [-0.05, 0) is 37.5 Å². The van der Waals surface area contributed by atoms with Gasteiger partial charge in [0.15, 0.2) is 11.7 Å². The fourth-order valence-electron chi connectivity index (χ4n) is 2.31. The summed E-state index contributed by atoms with van der Waals surface area (Å²) in [5, 5.41) is 9.21. The van der Waals surface area contributed by atoms with E-state index >= 15 is 0 Å². The van der Waals surface area contributed by atoms with E-state index in [1.807, 2.05) is 13.0 Å². The first-order valence-electron chi connectivity index (χ1n) is 8.67. The third kappa shape index (κ3) is 7.12. The molecule has 2 rings (SSSR count). The monoisotopic (exact) mass is 342 g/mol. The molecule has 1 heterocycles. The summed E-state index contributed by atoms with van der Waals surface area (Å²) in [6.07, 6.45) is 3.50. The van der Waals surface area contributed by atoms with E-state index in [9.17, 15) is 4.79 Å². The predicted molar refractivity (Wildman–Crippen MR) is 99.8 cm³/mol. The van der Waals surface area contributed by atoms with E-state index in [1.54, 1.807) is 12.1 Å². The Bertz CT molecular complexity index is 639. The van der Waals surface area contributed by atoms with Crippen LogP contribution in [0, 0.1) is 0 Å². The molecule has 0 saturated carbocycles. The van der Waals surface area contributed by atoms with Crippen molar-refractivity contribution >= 4 is 11.9 Å². The van der Waals surface area contributed by atoms with Crippen LogP contribution < -0.4 is 16.0 Å². The number of hydrogen-bond donors (Lipinski definition) is 3. The summed E-state index contributed by atoms with van der Waals surface area (Å²) in [7, 11) is 0. The van der Waals surface area contributed by atoms with Gasteiger partial charge in [-0.1, -0.05) is 30.3 Å². The van der Waals surface area contributed by atoms with Crippen molar-refractivity contribution in [2.45, 2.75) is 19.8 Å². The molecule has 1 aromatic carbocycles. The summed E-state index contributed by atoms with van der Waals surface area (Å²) in [5.41, 5.74) is 1.33. The van der Waals surface area contributed by atoms with Crippen molar-refractivity contribution in [3.63, 3.8) is 0 Å². The third-order valence-electron chi connectivity index (χ3n) is 3.53. The van der Waals surface area contributed by atoms with Crippen LogP contribution in [0.5, 0.6) is 0 Å². The van der Waals surface area contributed by atoms with Crippen molar-refractivity contribution in [1.29, 1.82) is 0 Å². The molecule has 6 nitrogen and oxygen atoms in total. The van der Waals surface area contributed by atoms with Gasteiger partial charge < -0.3 is 20.4 Å². The van der Waals surface area contributed by atoms with E-state index in [0.29, 0.717) is 18.8 Å². The van der Waals surface area contributed by atoms with Crippen LogP contribution in [0.25, 0.3) is 0 Å². The molecule has 6 heteroatoms. The van der Waals surface area contributed by atoms with Gasteiger partial charge in [0.05, 0.1) is 6.26 Å². The smallest absolute Gasteiger partial charge is 0.287 e. The second kappa shape index (κ2) is 10.9. The Morgan fingerprint density at radius 2 is 1.84 bits per heavy atom. The quantitative estimate of drug-likeness (QED) is 0.371. The largest absolute Gasteiger partial charge is 0.459 e. The van der Waals surface area contributed by atoms with Gasteiger partial charge in [0, 0.05) is 26.2 Å². The topological polar surface area (TPSA) is 78.7 Å². The summed E-state index contributed by atoms with van der Waals surface area (Å²) in [6, 6.07) is 13.7. The maximum absolute atomic E-state index is 11.7. The van der Waals surface area contributed by atoms with Crippen LogP contribution in [-0.2, 0) is 6.42 Å². The number of aryl methyl sites for hydroxylation is 1. The third-order valence-corrected chi connectivity index (χ3v) is 3.53. The minimum absolute atomic E-state index is 0.211. The van der Waals surface area contributed by atoms with Crippen LogP contribution >= 0.6 is 0 Å². The molecule has 0 bridgehead atoms. The number of guanidine groups is 1. The van der Waals surface area contributed by atoms with Gasteiger partial charge in [-0.25, -0.2) is 0 Å². The Morgan fingerprint density at radius 3 is 2.56 bits per heavy atom. The van der Waals surface area contributed by atoms with Gasteiger partial charge in [-0.15, -0.1) is 0 Å². The number of furan rings is 1. The number of rotatable bonds is 9. The molecule has 0 saturated heterocycles. The summed E-state index contributed by atoms with van der Waals surface area (Å²) >= 11 is 0. The van der Waals surface area contributed by atoms with Crippen molar-refractivity contribution in [3.8, 4) is 0 Å². The van der Waals surface area contributed by atoms with E-state index in [0.717, 1.165) is 31.9 Å². The van der Waals surface area contributed by atoms with E-state index < -0.39 is 0 Å². The number of carbonyl (C=O) groups is 1. The van der Waals surface area contributed by atoms with Crippen molar-refractivity contribution < 1.29 is 9.21 Å². The number of hydrogen-bond acceptors (Lipinski definition) is 3. The predicted octanol–water partition coefficient (Wildman–Crippen LogP) is 2.20. The standard InChI is InChI=1S/C19H26N4O2/c1-2-20-19(22-12-6-10-16-8-4-3-5-9-16)23-14-13-21-18(24)17-11-7-15-25-17/h3-5,7-9,11,15H,2,6,10,12-14H2,1H3,(H,21,24)(H2,20,22,23). The van der Waals surface area contributed by atoms with Crippen LogP contribution in [0.1, 0.15) is 29.5 Å². The van der Waals surface area contributed by atoms with Gasteiger partial charge in [0.1, 0.15) is 0 Å². The zero-order valence-corrected chi connectivity index (χ0v) is 14.6. The van der Waals surface area contributed by atoms with Gasteiger partial charge >= 0.3 is 0 Å². The second-order valence-corrected chi connectivity index (χ2v) is 5.51. The van der Waals surface area contributed by atoms with Crippen LogP contribution in [0.2, 0.25) is 0 Å². The van der Waals surface area contributed by atoms with Crippen LogP contribution in [0.3, 0.4) is 0 Å². The number of carbonyl (C=O) groups excluding carboxylic acids is 1. The lowest BCUT2D eigenvalue weighted by Crippen LogP contribution is -2.41. The highest BCUT2D eigenvalue weighted by Crippen LogP contribution is 2.02. The van der Waals surface area contributed by atoms with Gasteiger partial charge in [-0.2, -0.15) is 0 Å². The number of benzene rings is 1. The van der Waals surface area contributed by atoms with Gasteiger partial charge in [-0.3, -0.25) is 9.79 Å². The van der Waals surface area contributed by atoms with Crippen LogP contribution in [0.15, 0.2) is 58.1 Å². The number of nitrogens with one attached hydrogen (secondary N) is 3. The molecule has 0 spiro atoms. The zero-order valence-electron chi connectivity index (χ0n) is 14.6. The van der Waals surface area contributed by atoms with E-state index in [4.69, 9.17) is 4.42 Å². The fraction of sp³-hybridized carbons (Fsp3) is 0.368. The molecule has 1 aromatic heterocycles. The molecule has 1 amide bonds. The lowest BCUT2D eigenvalue weighted by Gasteiger charge is -2.11. The molecule has 0 atom stereocenters. The molecular formula is C19H26N4O2. The first kappa shape index (κ1) is 18.6. The Balaban J connectivity index is 1.65. The molecule has 0 aliphatic carbocycles. The van der Waals surface area contributed by atoms with Crippen molar-refractivity contribution in [2.75, 3.05) is 26.2 Å². The average molecular weight is 342 g/mol. The summed E-state index contributed by atoms with van der Waals surface area (Å²) in [4.78, 5) is 16.3. The van der Waals surface area contributed by atoms with E-state index in [2.05, 4.69) is 45.2 Å². The molecule has 134 valence electrons. The SMILES string of the molecule is CCNC(=NCCCc1ccccc1)NCCNC(=O)c1ccco1. The number of aliphatic imine (C=N–C) groups is 1. The Morgan fingerprint density at radius 1 is 1.04 bits per heavy atom. The first-order valence-corrected chi connectivity index (χ1v) is 8.67. The minimum Gasteiger partial charge on any atom is -0.459 e. The zero-order chi connectivity index (χ0) is 17.7. The molecule has 0 fully saturated rings. The summed E-state index contributed by atoms with van der Waals surface area (Å²) < 4.78 is 5.05. The summed E-state index contributed by atoms with van der Waals surface area (Å²) in [5.74, 6) is 0.876. The van der Waals surface area contributed by atoms with Gasteiger partial charge in [0.25, 0.3) is 5.91 Å². The normalized spacial score (nSPS) is 11.2. The molecule has 0 unspecified atom stereocenters. The minimum atomic E-state index is -0.211. The van der Waals surface area contributed by atoms with Gasteiger partial charge in [0.2, 0.25) is 0 Å². The van der Waals surface area contributed by atoms with Crippen LogP contribution in [0.4, 0.5) is 0 Å². The Hall–Kier alpha value is -2.76. The lowest BCUT2D eigenvalue weighted by molar-refractivity contribution is 0.0926. The van der Waals surface area contributed by atoms with E-state index in [-0.39, 0.29) is 5.91 Å². The fourth-order valence-corrected chi connectivity index (χ4v) is 2.31. The Labute approximate surface area is 148 Å². The van der Waals surface area contributed by atoms with E-state index in [1.165, 1.54) is 11.8 Å². The molecule has 2 aromatic rings. The highest BCUT2D eigenvalue weighted by atomic mass is 16.3. The number of nitrogens with zero attached hydrogens (tertiary/aromatic N) is 1. The molecule has 0 aliphatic rings. The lowest BCUT2D eigenvalue weighted by atomic mass is 10.1. The first-order chi connectivity index (χ1) is 12.3. The molecule has 25 heavy (non-hydrogen) atoms. The molecular weight excluding hydrogens is 316 g/mol. The highest BCUT2D eigenvalue weighted by Gasteiger charge is 2.06. The maximum Gasteiger partial charge on any atom is 0.287 e. The van der Waals surface area contributed by atoms with Crippen molar-refractivity contribution in [3.05, 3.63) is 60.1 Å². The van der Waals surface area contributed by atoms with Crippen molar-refractivity contribution in [1.82, 2.24) is 16.0 Å². The Kier molecular flexibility index (Phi) is 8.11. The molecule has 0 aliphatic heterocycles. The molecule has 0 radical (unpaired) electrons. The summed E-state index contributed by atoms with van der Waals surface area (Å²) in [6.45, 7) is 4.66. The van der Waals surface area contributed by atoms with Crippen LogP contribution in [-0.4, -0.2) is 38.0 Å². The average Bonchev–Trinajstić information content (AvgIpc) is 3.17. The number of amides is 1. The maximum atomic E-state index is 11.7. The second-order valence-electron chi connectivity index (χ2n) is 5.51. The molecule has 3 N–H and O–H groups in total. The van der Waals surface area contributed by atoms with Crippen molar-refractivity contribution in [2.24, 2.45) is 4.99 Å². The highest BCUT2D eigenvalue weighted by molar-refractivity contribution is 5.91.